The van der Waals surface area contributed by atoms with Gasteiger partial charge in [0.25, 0.3) is 5.91 Å². The molecule has 1 fully saturated rings. The number of rotatable bonds is 7. The SMILES string of the molecule is Cc1ccc(F)c(NC(=O)c2coc(CN3CCN(CC(O)C(C)C)CC3)n2)c1. The summed E-state index contributed by atoms with van der Waals surface area (Å²) >= 11 is 0. The predicted molar refractivity (Wildman–Crippen MR) is 108 cm³/mol. The Morgan fingerprint density at radius 1 is 1.28 bits per heavy atom. The van der Waals surface area contributed by atoms with Gasteiger partial charge in [0.2, 0.25) is 5.89 Å². The van der Waals surface area contributed by atoms with Crippen molar-refractivity contribution in [3.05, 3.63) is 47.4 Å². The van der Waals surface area contributed by atoms with E-state index in [9.17, 15) is 14.3 Å². The zero-order valence-corrected chi connectivity index (χ0v) is 17.2. The van der Waals surface area contributed by atoms with Crippen molar-refractivity contribution in [3.8, 4) is 0 Å². The highest BCUT2D eigenvalue weighted by molar-refractivity contribution is 6.02. The van der Waals surface area contributed by atoms with Crippen LogP contribution in [0.25, 0.3) is 0 Å². The summed E-state index contributed by atoms with van der Waals surface area (Å²) in [7, 11) is 0. The second-order valence-corrected chi connectivity index (χ2v) is 7.95. The maximum absolute atomic E-state index is 13.8. The molecule has 0 spiro atoms. The molecule has 1 atom stereocenters. The number of hydrogen-bond acceptors (Lipinski definition) is 6. The number of nitrogens with zero attached hydrogens (tertiary/aromatic N) is 3. The van der Waals surface area contributed by atoms with E-state index in [1.54, 1.807) is 12.1 Å². The number of aromatic nitrogens is 1. The van der Waals surface area contributed by atoms with E-state index >= 15 is 0 Å². The Labute approximate surface area is 170 Å². The Kier molecular flexibility index (Phi) is 7.00. The first-order valence-corrected chi connectivity index (χ1v) is 9.96. The molecule has 1 saturated heterocycles. The lowest BCUT2D eigenvalue weighted by molar-refractivity contribution is 0.0463. The van der Waals surface area contributed by atoms with Gasteiger partial charge in [-0.25, -0.2) is 9.37 Å². The normalized spacial score (nSPS) is 16.9. The number of piperazine rings is 1. The smallest absolute Gasteiger partial charge is 0.277 e. The van der Waals surface area contributed by atoms with Gasteiger partial charge in [0, 0.05) is 32.7 Å². The van der Waals surface area contributed by atoms with Crippen molar-refractivity contribution in [1.29, 1.82) is 0 Å². The summed E-state index contributed by atoms with van der Waals surface area (Å²) < 4.78 is 19.3. The fraction of sp³-hybridized carbons (Fsp3) is 0.524. The topological polar surface area (TPSA) is 81.8 Å². The number of halogens is 1. The molecule has 0 radical (unpaired) electrons. The van der Waals surface area contributed by atoms with Gasteiger partial charge in [-0.15, -0.1) is 0 Å². The molecule has 0 bridgehead atoms. The molecule has 1 aromatic heterocycles. The molecule has 1 aliphatic heterocycles. The number of β-amino-alcohol motifs (C(OH)–C–C–N with tert-alkyl or cyclic N) is 1. The van der Waals surface area contributed by atoms with Gasteiger partial charge in [-0.05, 0) is 30.5 Å². The molecule has 29 heavy (non-hydrogen) atoms. The van der Waals surface area contributed by atoms with Crippen molar-refractivity contribution in [1.82, 2.24) is 14.8 Å². The van der Waals surface area contributed by atoms with Crippen LogP contribution in [0.4, 0.5) is 10.1 Å². The van der Waals surface area contributed by atoms with E-state index in [1.165, 1.54) is 12.3 Å². The molecule has 1 amide bonds. The molecule has 2 heterocycles. The van der Waals surface area contributed by atoms with Crippen LogP contribution in [0.3, 0.4) is 0 Å². The van der Waals surface area contributed by atoms with E-state index in [1.807, 2.05) is 20.8 Å². The van der Waals surface area contributed by atoms with Crippen molar-refractivity contribution >= 4 is 11.6 Å². The highest BCUT2D eigenvalue weighted by Gasteiger charge is 2.22. The Bertz CT molecular complexity index is 831. The molecule has 7 nitrogen and oxygen atoms in total. The van der Waals surface area contributed by atoms with Crippen molar-refractivity contribution in [2.75, 3.05) is 38.0 Å². The minimum absolute atomic E-state index is 0.124. The van der Waals surface area contributed by atoms with Gasteiger partial charge >= 0.3 is 0 Å². The summed E-state index contributed by atoms with van der Waals surface area (Å²) in [6.07, 6.45) is 0.987. The third-order valence-electron chi connectivity index (χ3n) is 5.19. The highest BCUT2D eigenvalue weighted by atomic mass is 19.1. The van der Waals surface area contributed by atoms with Crippen LogP contribution in [0, 0.1) is 18.7 Å². The minimum atomic E-state index is -0.503. The molecule has 0 saturated carbocycles. The number of anilines is 1. The standard InChI is InChI=1S/C21H29FN4O3/c1-14(2)19(27)11-25-6-8-26(9-7-25)12-20-23-18(13-29-20)21(28)24-17-10-15(3)4-5-16(17)22/h4-5,10,13-14,19,27H,6-9,11-12H2,1-3H3,(H,24,28). The third kappa shape index (κ3) is 5.85. The number of carbonyl (C=O) groups is 1. The second-order valence-electron chi connectivity index (χ2n) is 7.95. The molecule has 2 N–H and O–H groups in total. The predicted octanol–water partition coefficient (Wildman–Crippen LogP) is 2.51. The molecule has 8 heteroatoms. The van der Waals surface area contributed by atoms with E-state index in [0.717, 1.165) is 31.7 Å². The van der Waals surface area contributed by atoms with Gasteiger partial charge in [0.05, 0.1) is 18.3 Å². The van der Waals surface area contributed by atoms with Crippen LogP contribution in [0.15, 0.2) is 28.9 Å². The number of aliphatic hydroxyl groups excluding tert-OH is 1. The first kappa shape index (κ1) is 21.4. The van der Waals surface area contributed by atoms with Gasteiger partial charge < -0.3 is 14.8 Å². The largest absolute Gasteiger partial charge is 0.447 e. The lowest BCUT2D eigenvalue weighted by Gasteiger charge is -2.35. The zero-order chi connectivity index (χ0) is 21.0. The van der Waals surface area contributed by atoms with Crippen LogP contribution in [0.1, 0.15) is 35.8 Å². The molecule has 158 valence electrons. The number of amides is 1. The van der Waals surface area contributed by atoms with Gasteiger partial charge in [-0.2, -0.15) is 0 Å². The quantitative estimate of drug-likeness (QED) is 0.738. The van der Waals surface area contributed by atoms with Crippen molar-refractivity contribution < 1.29 is 18.7 Å². The number of benzene rings is 1. The Morgan fingerprint density at radius 3 is 2.66 bits per heavy atom. The van der Waals surface area contributed by atoms with Crippen molar-refractivity contribution in [2.45, 2.75) is 33.4 Å². The average Bonchev–Trinajstić information content (AvgIpc) is 3.15. The van der Waals surface area contributed by atoms with Crippen LogP contribution in [0.5, 0.6) is 0 Å². The Morgan fingerprint density at radius 2 is 1.97 bits per heavy atom. The van der Waals surface area contributed by atoms with E-state index < -0.39 is 11.7 Å². The van der Waals surface area contributed by atoms with Crippen LogP contribution in [-0.4, -0.2) is 64.6 Å². The summed E-state index contributed by atoms with van der Waals surface area (Å²) in [6.45, 7) is 10.5. The number of nitrogens with one attached hydrogen (secondary N) is 1. The molecule has 1 aromatic carbocycles. The maximum atomic E-state index is 13.8. The number of hydrogen-bond donors (Lipinski definition) is 2. The minimum Gasteiger partial charge on any atom is -0.447 e. The van der Waals surface area contributed by atoms with Gasteiger partial charge in [-0.3, -0.25) is 14.6 Å². The third-order valence-corrected chi connectivity index (χ3v) is 5.19. The van der Waals surface area contributed by atoms with Crippen molar-refractivity contribution in [2.24, 2.45) is 5.92 Å². The molecule has 2 aromatic rings. The van der Waals surface area contributed by atoms with E-state index in [0.29, 0.717) is 19.0 Å². The summed E-state index contributed by atoms with van der Waals surface area (Å²) in [5.41, 5.74) is 1.10. The first-order chi connectivity index (χ1) is 13.8. The summed E-state index contributed by atoms with van der Waals surface area (Å²) in [6, 6.07) is 4.53. The van der Waals surface area contributed by atoms with E-state index in [4.69, 9.17) is 4.42 Å². The number of oxazole rings is 1. The molecule has 1 unspecified atom stereocenters. The molecule has 0 aliphatic carbocycles. The number of aliphatic hydroxyl groups is 1. The van der Waals surface area contributed by atoms with Gasteiger partial charge in [-0.1, -0.05) is 19.9 Å². The molecular weight excluding hydrogens is 375 g/mol. The Hall–Kier alpha value is -2.29. The lowest BCUT2D eigenvalue weighted by atomic mass is 10.1. The van der Waals surface area contributed by atoms with Gasteiger partial charge in [0.1, 0.15) is 12.1 Å². The average molecular weight is 404 g/mol. The van der Waals surface area contributed by atoms with Gasteiger partial charge in [0.15, 0.2) is 5.69 Å². The lowest BCUT2D eigenvalue weighted by Crippen LogP contribution is -2.48. The maximum Gasteiger partial charge on any atom is 0.277 e. The highest BCUT2D eigenvalue weighted by Crippen LogP contribution is 2.17. The molecule has 1 aliphatic rings. The van der Waals surface area contributed by atoms with Crippen LogP contribution >= 0.6 is 0 Å². The Balaban J connectivity index is 1.50. The monoisotopic (exact) mass is 404 g/mol. The van der Waals surface area contributed by atoms with Crippen LogP contribution in [-0.2, 0) is 6.54 Å². The van der Waals surface area contributed by atoms with Crippen LogP contribution < -0.4 is 5.32 Å². The number of aryl methyl sites for hydroxylation is 1. The zero-order valence-electron chi connectivity index (χ0n) is 17.2. The fourth-order valence-electron chi connectivity index (χ4n) is 3.21. The summed E-state index contributed by atoms with van der Waals surface area (Å²) in [5, 5.41) is 12.6. The molecular formula is C21H29FN4O3. The first-order valence-electron chi connectivity index (χ1n) is 9.96. The summed E-state index contributed by atoms with van der Waals surface area (Å²) in [4.78, 5) is 21.0. The van der Waals surface area contributed by atoms with Crippen LogP contribution in [0.2, 0.25) is 0 Å². The van der Waals surface area contributed by atoms with Crippen molar-refractivity contribution in [3.63, 3.8) is 0 Å². The van der Waals surface area contributed by atoms with E-state index in [-0.39, 0.29) is 23.4 Å². The summed E-state index contributed by atoms with van der Waals surface area (Å²) in [5.74, 6) is -0.293. The second kappa shape index (κ2) is 9.47. The van der Waals surface area contributed by atoms with E-state index in [2.05, 4.69) is 20.1 Å². The fourth-order valence-corrected chi connectivity index (χ4v) is 3.21. The molecule has 3 rings (SSSR count). The number of carbonyl (C=O) groups excluding carboxylic acids is 1.